The number of methoxy groups -OCH3 is 1. The van der Waals surface area contributed by atoms with Gasteiger partial charge in [0, 0.05) is 13.2 Å². The summed E-state index contributed by atoms with van der Waals surface area (Å²) in [7, 11) is 1.41. The van der Waals surface area contributed by atoms with Crippen LogP contribution in [-0.2, 0) is 14.3 Å². The van der Waals surface area contributed by atoms with Gasteiger partial charge in [-0.15, -0.1) is 0 Å². The zero-order valence-electron chi connectivity index (χ0n) is 8.03. The second-order valence-corrected chi connectivity index (χ2v) is 2.92. The van der Waals surface area contributed by atoms with Crippen LogP contribution in [0.3, 0.4) is 0 Å². The number of amides is 1. The Labute approximate surface area is 77.1 Å². The van der Waals surface area contributed by atoms with Crippen molar-refractivity contribution in [1.29, 1.82) is 0 Å². The zero-order chi connectivity index (χ0) is 10.4. The Morgan fingerprint density at radius 1 is 1.46 bits per heavy atom. The van der Waals surface area contributed by atoms with E-state index in [4.69, 9.17) is 5.11 Å². The third-order valence-electron chi connectivity index (χ3n) is 1.80. The highest BCUT2D eigenvalue weighted by atomic mass is 16.5. The molecule has 1 amide bonds. The minimum atomic E-state index is -0.926. The molecule has 0 aliphatic rings. The van der Waals surface area contributed by atoms with Crippen LogP contribution in [-0.4, -0.2) is 36.7 Å². The Hall–Kier alpha value is -1.10. The summed E-state index contributed by atoms with van der Waals surface area (Å²) in [5.41, 5.74) is 0. The van der Waals surface area contributed by atoms with E-state index in [0.717, 1.165) is 0 Å². The molecule has 5 heteroatoms. The van der Waals surface area contributed by atoms with E-state index in [2.05, 4.69) is 10.1 Å². The first kappa shape index (κ1) is 11.9. The van der Waals surface area contributed by atoms with Crippen molar-refractivity contribution in [3.63, 3.8) is 0 Å². The van der Waals surface area contributed by atoms with Crippen LogP contribution in [0.2, 0.25) is 0 Å². The van der Waals surface area contributed by atoms with Crippen molar-refractivity contribution in [3.05, 3.63) is 0 Å². The fraction of sp³-hybridized carbons (Fsp3) is 0.750. The van der Waals surface area contributed by atoms with Crippen molar-refractivity contribution >= 4 is 11.9 Å². The number of ether oxygens (including phenoxy) is 1. The number of aliphatic carboxylic acids is 1. The molecule has 0 bridgehead atoms. The lowest BCUT2D eigenvalue weighted by Crippen LogP contribution is -2.41. The Morgan fingerprint density at radius 3 is 2.38 bits per heavy atom. The molecule has 0 aliphatic carbocycles. The molecule has 2 unspecified atom stereocenters. The third-order valence-corrected chi connectivity index (χ3v) is 1.80. The van der Waals surface area contributed by atoms with Crippen molar-refractivity contribution < 1.29 is 19.4 Å². The van der Waals surface area contributed by atoms with E-state index < -0.39 is 11.9 Å². The molecule has 0 aromatic heterocycles. The van der Waals surface area contributed by atoms with Crippen molar-refractivity contribution in [3.8, 4) is 0 Å². The summed E-state index contributed by atoms with van der Waals surface area (Å²) >= 11 is 0. The zero-order valence-corrected chi connectivity index (χ0v) is 8.03. The summed E-state index contributed by atoms with van der Waals surface area (Å²) in [6.07, 6.45) is 0. The second-order valence-electron chi connectivity index (χ2n) is 2.92. The van der Waals surface area contributed by atoms with E-state index in [-0.39, 0.29) is 18.6 Å². The largest absolute Gasteiger partial charge is 0.481 e. The standard InChI is InChI=1S/C8H15NO4/c1-5(8(11)12)6(2)9-7(10)4-13-3/h5-6H,4H2,1-3H3,(H,9,10)(H,11,12). The van der Waals surface area contributed by atoms with Gasteiger partial charge in [-0.25, -0.2) is 0 Å². The minimum absolute atomic E-state index is 0.0450. The van der Waals surface area contributed by atoms with Crippen LogP contribution in [0.15, 0.2) is 0 Å². The maximum absolute atomic E-state index is 11.0. The fourth-order valence-electron chi connectivity index (χ4n) is 0.766. The van der Waals surface area contributed by atoms with Crippen molar-refractivity contribution in [2.75, 3.05) is 13.7 Å². The minimum Gasteiger partial charge on any atom is -0.481 e. The Balaban J connectivity index is 3.92. The van der Waals surface area contributed by atoms with Gasteiger partial charge in [0.1, 0.15) is 6.61 Å². The van der Waals surface area contributed by atoms with Gasteiger partial charge in [0.05, 0.1) is 5.92 Å². The first-order valence-electron chi connectivity index (χ1n) is 4.00. The maximum Gasteiger partial charge on any atom is 0.308 e. The van der Waals surface area contributed by atoms with Crippen molar-refractivity contribution in [2.24, 2.45) is 5.92 Å². The highest BCUT2D eigenvalue weighted by Crippen LogP contribution is 2.01. The SMILES string of the molecule is COCC(=O)NC(C)C(C)C(=O)O. The molecule has 0 saturated carbocycles. The van der Waals surface area contributed by atoms with E-state index in [0.29, 0.717) is 0 Å². The Bertz CT molecular complexity index is 193. The number of carboxylic acids is 1. The summed E-state index contributed by atoms with van der Waals surface area (Å²) in [5, 5.41) is 11.1. The summed E-state index contributed by atoms with van der Waals surface area (Å²) in [6.45, 7) is 3.14. The van der Waals surface area contributed by atoms with Crippen LogP contribution in [0.25, 0.3) is 0 Å². The Kier molecular flexibility index (Phi) is 5.06. The van der Waals surface area contributed by atoms with Crippen molar-refractivity contribution in [1.82, 2.24) is 5.32 Å². The smallest absolute Gasteiger partial charge is 0.308 e. The lowest BCUT2D eigenvalue weighted by molar-refractivity contribution is -0.142. The van der Waals surface area contributed by atoms with Crippen LogP contribution >= 0.6 is 0 Å². The third kappa shape index (κ3) is 4.47. The average Bonchev–Trinajstić information content (AvgIpc) is 2.03. The summed E-state index contributed by atoms with van der Waals surface area (Å²) < 4.78 is 4.59. The van der Waals surface area contributed by atoms with Gasteiger partial charge >= 0.3 is 5.97 Å². The highest BCUT2D eigenvalue weighted by molar-refractivity contribution is 5.78. The molecular weight excluding hydrogens is 174 g/mol. The number of carboxylic acid groups (broad SMARTS) is 1. The van der Waals surface area contributed by atoms with E-state index >= 15 is 0 Å². The van der Waals surface area contributed by atoms with E-state index in [1.54, 1.807) is 13.8 Å². The average molecular weight is 189 g/mol. The van der Waals surface area contributed by atoms with Gasteiger partial charge in [0.15, 0.2) is 0 Å². The lowest BCUT2D eigenvalue weighted by Gasteiger charge is -2.17. The maximum atomic E-state index is 11.0. The van der Waals surface area contributed by atoms with Crippen LogP contribution < -0.4 is 5.32 Å². The van der Waals surface area contributed by atoms with Gasteiger partial charge in [-0.1, -0.05) is 0 Å². The quantitative estimate of drug-likeness (QED) is 0.631. The first-order chi connectivity index (χ1) is 5.99. The van der Waals surface area contributed by atoms with Gasteiger partial charge < -0.3 is 15.2 Å². The summed E-state index contributed by atoms with van der Waals surface area (Å²) in [5.74, 6) is -1.82. The molecule has 0 saturated heterocycles. The molecule has 0 aromatic carbocycles. The highest BCUT2D eigenvalue weighted by Gasteiger charge is 2.20. The molecule has 5 nitrogen and oxygen atoms in total. The molecule has 0 fully saturated rings. The molecule has 0 aliphatic heterocycles. The number of hydrogen-bond donors (Lipinski definition) is 2. The van der Waals surface area contributed by atoms with Gasteiger partial charge in [-0.3, -0.25) is 9.59 Å². The molecule has 2 N–H and O–H groups in total. The monoisotopic (exact) mass is 189 g/mol. The van der Waals surface area contributed by atoms with Crippen LogP contribution in [0, 0.1) is 5.92 Å². The molecule has 0 rings (SSSR count). The predicted octanol–water partition coefficient (Wildman–Crippen LogP) is -0.142. The predicted molar refractivity (Wildman–Crippen MR) is 46.3 cm³/mol. The number of nitrogens with one attached hydrogen (secondary N) is 1. The number of carbonyl (C=O) groups is 2. The van der Waals surface area contributed by atoms with E-state index in [9.17, 15) is 9.59 Å². The second kappa shape index (κ2) is 5.53. The van der Waals surface area contributed by atoms with E-state index in [1.807, 2.05) is 0 Å². The van der Waals surface area contributed by atoms with Crippen molar-refractivity contribution in [2.45, 2.75) is 19.9 Å². The fourth-order valence-corrected chi connectivity index (χ4v) is 0.766. The normalized spacial score (nSPS) is 14.7. The van der Waals surface area contributed by atoms with Crippen LogP contribution in [0.4, 0.5) is 0 Å². The summed E-state index contributed by atoms with van der Waals surface area (Å²) in [6, 6.07) is -0.389. The number of rotatable bonds is 5. The van der Waals surface area contributed by atoms with Gasteiger partial charge in [0.25, 0.3) is 0 Å². The molecule has 0 aromatic rings. The number of hydrogen-bond acceptors (Lipinski definition) is 3. The molecule has 0 radical (unpaired) electrons. The Morgan fingerprint density at radius 2 is 2.00 bits per heavy atom. The molecule has 13 heavy (non-hydrogen) atoms. The first-order valence-corrected chi connectivity index (χ1v) is 4.00. The van der Waals surface area contributed by atoms with Crippen LogP contribution in [0.5, 0.6) is 0 Å². The van der Waals surface area contributed by atoms with Gasteiger partial charge in [-0.05, 0) is 13.8 Å². The van der Waals surface area contributed by atoms with Gasteiger partial charge in [-0.2, -0.15) is 0 Å². The van der Waals surface area contributed by atoms with Crippen LogP contribution in [0.1, 0.15) is 13.8 Å². The lowest BCUT2D eigenvalue weighted by atomic mass is 10.0. The summed E-state index contributed by atoms with van der Waals surface area (Å²) in [4.78, 5) is 21.4. The molecule has 0 spiro atoms. The number of carbonyl (C=O) groups excluding carboxylic acids is 1. The van der Waals surface area contributed by atoms with E-state index in [1.165, 1.54) is 7.11 Å². The molecule has 0 heterocycles. The molecule has 76 valence electrons. The molecule has 2 atom stereocenters. The topological polar surface area (TPSA) is 75.6 Å². The molecular formula is C8H15NO4. The van der Waals surface area contributed by atoms with Gasteiger partial charge in [0.2, 0.25) is 5.91 Å².